The van der Waals surface area contributed by atoms with Gasteiger partial charge >= 0.3 is 0 Å². The molecule has 2 saturated heterocycles. The molecular formula is C24H26ClFN4S. The van der Waals surface area contributed by atoms with Gasteiger partial charge < -0.3 is 19.7 Å². The second kappa shape index (κ2) is 8.77. The number of hydrogen-bond acceptors (Lipinski definition) is 2. The third-order valence-electron chi connectivity index (χ3n) is 6.56. The number of rotatable bonds is 5. The fourth-order valence-corrected chi connectivity index (χ4v) is 5.27. The number of aromatic nitrogens is 1. The number of nitrogens with zero attached hydrogens (tertiary/aromatic N) is 3. The summed E-state index contributed by atoms with van der Waals surface area (Å²) < 4.78 is 15.6. The van der Waals surface area contributed by atoms with Crippen LogP contribution in [0.25, 0.3) is 16.6 Å². The first-order valence-electron chi connectivity index (χ1n) is 10.9. The Morgan fingerprint density at radius 1 is 1.03 bits per heavy atom. The van der Waals surface area contributed by atoms with E-state index >= 15 is 0 Å². The molecule has 5 rings (SSSR count). The van der Waals surface area contributed by atoms with Crippen molar-refractivity contribution in [3.63, 3.8) is 0 Å². The summed E-state index contributed by atoms with van der Waals surface area (Å²) >= 11 is 11.7. The zero-order valence-corrected chi connectivity index (χ0v) is 18.9. The first-order valence-corrected chi connectivity index (χ1v) is 11.7. The molecule has 31 heavy (non-hydrogen) atoms. The van der Waals surface area contributed by atoms with Crippen LogP contribution in [0.2, 0.25) is 5.02 Å². The Morgan fingerprint density at radius 3 is 2.52 bits per heavy atom. The summed E-state index contributed by atoms with van der Waals surface area (Å²) in [7, 11) is 0. The maximum Gasteiger partial charge on any atom is 0.169 e. The second-order valence-electron chi connectivity index (χ2n) is 8.43. The Kier molecular flexibility index (Phi) is 5.87. The molecule has 3 heterocycles. The number of hydrogen-bond donors (Lipinski definition) is 1. The molecule has 2 aliphatic heterocycles. The molecule has 0 radical (unpaired) electrons. The topological polar surface area (TPSA) is 23.4 Å². The van der Waals surface area contributed by atoms with E-state index < -0.39 is 0 Å². The Bertz CT molecular complexity index is 1090. The lowest BCUT2D eigenvalue weighted by atomic mass is 9.89. The van der Waals surface area contributed by atoms with Gasteiger partial charge in [-0.3, -0.25) is 0 Å². The maximum atomic E-state index is 13.4. The van der Waals surface area contributed by atoms with E-state index in [0.29, 0.717) is 10.9 Å². The van der Waals surface area contributed by atoms with Crippen LogP contribution in [0.5, 0.6) is 0 Å². The molecule has 162 valence electrons. The first kappa shape index (κ1) is 20.7. The van der Waals surface area contributed by atoms with Crippen LogP contribution in [0.3, 0.4) is 0 Å². The smallest absolute Gasteiger partial charge is 0.169 e. The standard InChI is InChI=1S/C24H26ClFN4S/c25-18-1-6-21-22(16-30(23(21)15-18)20-4-2-19(26)3-5-20)17-7-10-28(11-8-17)13-14-29-12-9-27-24(29)31/h1-6,15-17H,7-14H2,(H,27,31). The number of thiocarbonyl (C=S) groups is 1. The van der Waals surface area contributed by atoms with Gasteiger partial charge in [-0.1, -0.05) is 17.7 Å². The summed E-state index contributed by atoms with van der Waals surface area (Å²) in [5, 5.41) is 6.07. The molecular weight excluding hydrogens is 431 g/mol. The summed E-state index contributed by atoms with van der Waals surface area (Å²) in [5.74, 6) is 0.285. The highest BCUT2D eigenvalue weighted by Gasteiger charge is 2.25. The lowest BCUT2D eigenvalue weighted by molar-refractivity contribution is 0.200. The van der Waals surface area contributed by atoms with Crippen LogP contribution in [0.4, 0.5) is 4.39 Å². The third kappa shape index (κ3) is 4.29. The molecule has 2 fully saturated rings. The van der Waals surface area contributed by atoms with E-state index in [2.05, 4.69) is 31.9 Å². The fraction of sp³-hybridized carbons (Fsp3) is 0.375. The van der Waals surface area contributed by atoms with E-state index in [1.807, 2.05) is 24.3 Å². The zero-order valence-electron chi connectivity index (χ0n) is 17.4. The zero-order chi connectivity index (χ0) is 21.4. The van der Waals surface area contributed by atoms with Gasteiger partial charge in [0.05, 0.1) is 5.52 Å². The van der Waals surface area contributed by atoms with Crippen LogP contribution in [-0.2, 0) is 0 Å². The van der Waals surface area contributed by atoms with E-state index in [1.54, 1.807) is 0 Å². The van der Waals surface area contributed by atoms with Crippen LogP contribution in [0.1, 0.15) is 24.3 Å². The summed E-state index contributed by atoms with van der Waals surface area (Å²) in [4.78, 5) is 4.81. The molecule has 0 atom stereocenters. The van der Waals surface area contributed by atoms with Crippen molar-refractivity contribution in [3.8, 4) is 5.69 Å². The highest BCUT2D eigenvalue weighted by molar-refractivity contribution is 7.80. The van der Waals surface area contributed by atoms with Crippen LogP contribution in [0, 0.1) is 5.82 Å². The van der Waals surface area contributed by atoms with Gasteiger partial charge in [0.1, 0.15) is 5.82 Å². The molecule has 1 N–H and O–H groups in total. The van der Waals surface area contributed by atoms with Gasteiger partial charge in [-0.25, -0.2) is 4.39 Å². The number of likely N-dealkylation sites (tertiary alicyclic amines) is 1. The Hall–Kier alpha value is -2.15. The van der Waals surface area contributed by atoms with Gasteiger partial charge in [0.15, 0.2) is 5.11 Å². The number of benzene rings is 2. The van der Waals surface area contributed by atoms with Gasteiger partial charge in [0.25, 0.3) is 0 Å². The predicted molar refractivity (Wildman–Crippen MR) is 129 cm³/mol. The second-order valence-corrected chi connectivity index (χ2v) is 9.25. The molecule has 0 unspecified atom stereocenters. The van der Waals surface area contributed by atoms with Crippen molar-refractivity contribution in [2.75, 3.05) is 39.3 Å². The average Bonchev–Trinajstić information content (AvgIpc) is 3.36. The van der Waals surface area contributed by atoms with Crippen molar-refractivity contribution >= 4 is 39.8 Å². The number of piperidine rings is 1. The van der Waals surface area contributed by atoms with Crippen LogP contribution < -0.4 is 5.32 Å². The normalized spacial score (nSPS) is 18.1. The molecule has 3 aromatic rings. The predicted octanol–water partition coefficient (Wildman–Crippen LogP) is 4.79. The van der Waals surface area contributed by atoms with Crippen LogP contribution in [0.15, 0.2) is 48.7 Å². The molecule has 2 aliphatic rings. The number of nitrogens with one attached hydrogen (secondary N) is 1. The number of fused-ring (bicyclic) bond motifs is 1. The first-order chi connectivity index (χ1) is 15.1. The van der Waals surface area contributed by atoms with E-state index in [1.165, 1.54) is 23.1 Å². The number of halogens is 2. The molecule has 0 bridgehead atoms. The summed E-state index contributed by atoms with van der Waals surface area (Å²) in [5.41, 5.74) is 3.39. The molecule has 0 amide bonds. The van der Waals surface area contributed by atoms with Crippen molar-refractivity contribution in [3.05, 3.63) is 65.1 Å². The molecule has 0 spiro atoms. The quantitative estimate of drug-likeness (QED) is 0.557. The van der Waals surface area contributed by atoms with Crippen molar-refractivity contribution in [1.82, 2.24) is 19.7 Å². The van der Waals surface area contributed by atoms with Gasteiger partial charge in [0.2, 0.25) is 0 Å². The monoisotopic (exact) mass is 456 g/mol. The van der Waals surface area contributed by atoms with Crippen LogP contribution in [-0.4, -0.2) is 58.7 Å². The molecule has 0 aliphatic carbocycles. The minimum atomic E-state index is -0.226. The Morgan fingerprint density at radius 2 is 1.81 bits per heavy atom. The highest BCUT2D eigenvalue weighted by Crippen LogP contribution is 2.36. The molecule has 7 heteroatoms. The van der Waals surface area contributed by atoms with Gasteiger partial charge in [-0.05, 0) is 86.0 Å². The van der Waals surface area contributed by atoms with E-state index in [4.69, 9.17) is 23.8 Å². The lowest BCUT2D eigenvalue weighted by Crippen LogP contribution is -2.40. The summed E-state index contributed by atoms with van der Waals surface area (Å²) in [6.45, 7) is 6.22. The van der Waals surface area contributed by atoms with E-state index in [0.717, 1.165) is 68.4 Å². The minimum Gasteiger partial charge on any atom is -0.361 e. The average molecular weight is 457 g/mol. The minimum absolute atomic E-state index is 0.226. The lowest BCUT2D eigenvalue weighted by Gasteiger charge is -2.33. The third-order valence-corrected chi connectivity index (χ3v) is 7.20. The largest absolute Gasteiger partial charge is 0.361 e. The Balaban J connectivity index is 1.33. The Labute approximate surface area is 192 Å². The SMILES string of the molecule is Fc1ccc(-n2cc(C3CCN(CCN4CCNC4=S)CC3)c3ccc(Cl)cc32)cc1. The van der Waals surface area contributed by atoms with Gasteiger partial charge in [0, 0.05) is 48.5 Å². The summed E-state index contributed by atoms with van der Waals surface area (Å²) in [6, 6.07) is 12.7. The highest BCUT2D eigenvalue weighted by atomic mass is 35.5. The summed E-state index contributed by atoms with van der Waals surface area (Å²) in [6.07, 6.45) is 4.49. The van der Waals surface area contributed by atoms with Crippen LogP contribution >= 0.6 is 23.8 Å². The van der Waals surface area contributed by atoms with Gasteiger partial charge in [-0.2, -0.15) is 0 Å². The molecule has 4 nitrogen and oxygen atoms in total. The fourth-order valence-electron chi connectivity index (χ4n) is 4.82. The molecule has 1 aromatic heterocycles. The van der Waals surface area contributed by atoms with E-state index in [-0.39, 0.29) is 5.82 Å². The van der Waals surface area contributed by atoms with Gasteiger partial charge in [-0.15, -0.1) is 0 Å². The van der Waals surface area contributed by atoms with Crippen molar-refractivity contribution < 1.29 is 4.39 Å². The van der Waals surface area contributed by atoms with Crippen molar-refractivity contribution in [2.45, 2.75) is 18.8 Å². The van der Waals surface area contributed by atoms with Crippen molar-refractivity contribution in [2.24, 2.45) is 0 Å². The van der Waals surface area contributed by atoms with Crippen molar-refractivity contribution in [1.29, 1.82) is 0 Å². The maximum absolute atomic E-state index is 13.4. The molecule has 2 aromatic carbocycles. The molecule has 0 saturated carbocycles. The van der Waals surface area contributed by atoms with E-state index in [9.17, 15) is 4.39 Å².